The van der Waals surface area contributed by atoms with Gasteiger partial charge in [-0.3, -0.25) is 4.79 Å². The zero-order chi connectivity index (χ0) is 11.3. The van der Waals surface area contributed by atoms with E-state index in [1.54, 1.807) is 19.3 Å². The molecule has 2 N–H and O–H groups in total. The molecule has 0 saturated heterocycles. The maximum absolute atomic E-state index is 10.9. The first-order valence-electron chi connectivity index (χ1n) is 4.39. The number of nitrogens with one attached hydrogen (secondary N) is 2. The zero-order valence-electron chi connectivity index (χ0n) is 8.18. The fourth-order valence-electron chi connectivity index (χ4n) is 0.964. The molecule has 0 aromatic carbocycles. The first-order chi connectivity index (χ1) is 7.13. The maximum Gasteiger partial charge on any atom is 0.221 e. The molecule has 6 heteroatoms. The third kappa shape index (κ3) is 4.05. The number of halogens is 2. The molecule has 0 atom stereocenters. The second-order valence-corrected chi connectivity index (χ2v) is 4.12. The van der Waals surface area contributed by atoms with Crippen molar-refractivity contribution < 1.29 is 4.79 Å². The lowest BCUT2D eigenvalue weighted by atomic mass is 10.4. The second-order valence-electron chi connectivity index (χ2n) is 2.83. The minimum Gasteiger partial charge on any atom is -0.369 e. The third-order valence-corrected chi connectivity index (χ3v) is 2.54. The number of nitrogens with zero attached hydrogens (tertiary/aromatic N) is 1. The Hall–Kier alpha value is -0.810. The first kappa shape index (κ1) is 12.3. The largest absolute Gasteiger partial charge is 0.369 e. The van der Waals surface area contributed by atoms with Crippen molar-refractivity contribution in [1.29, 1.82) is 0 Å². The average Bonchev–Trinajstić information content (AvgIpc) is 2.21. The van der Waals surface area contributed by atoms with Gasteiger partial charge in [0.15, 0.2) is 0 Å². The number of carbonyl (C=O) groups is 1. The number of aromatic nitrogens is 1. The van der Waals surface area contributed by atoms with Crippen molar-refractivity contribution in [3.8, 4) is 0 Å². The van der Waals surface area contributed by atoms with Gasteiger partial charge in [-0.05, 0) is 22.0 Å². The van der Waals surface area contributed by atoms with E-state index in [4.69, 9.17) is 11.6 Å². The summed E-state index contributed by atoms with van der Waals surface area (Å²) in [6.45, 7) is 0.535. The lowest BCUT2D eigenvalue weighted by Gasteiger charge is -2.06. The van der Waals surface area contributed by atoms with E-state index in [2.05, 4.69) is 31.5 Å². The molecule has 1 rings (SSSR count). The highest BCUT2D eigenvalue weighted by Crippen LogP contribution is 2.22. The van der Waals surface area contributed by atoms with Crippen molar-refractivity contribution in [2.45, 2.75) is 6.42 Å². The summed E-state index contributed by atoms with van der Waals surface area (Å²) in [5.74, 6) is 0.677. The Morgan fingerprint density at radius 2 is 2.40 bits per heavy atom. The van der Waals surface area contributed by atoms with Gasteiger partial charge in [-0.1, -0.05) is 11.6 Å². The Labute approximate surface area is 102 Å². The van der Waals surface area contributed by atoms with E-state index < -0.39 is 0 Å². The molecule has 4 nitrogen and oxygen atoms in total. The van der Waals surface area contributed by atoms with Crippen LogP contribution in [0.3, 0.4) is 0 Å². The van der Waals surface area contributed by atoms with E-state index in [1.807, 2.05) is 0 Å². The number of amides is 1. The van der Waals surface area contributed by atoms with Gasteiger partial charge < -0.3 is 10.6 Å². The van der Waals surface area contributed by atoms with Gasteiger partial charge in [-0.25, -0.2) is 4.98 Å². The van der Waals surface area contributed by atoms with Crippen molar-refractivity contribution in [2.75, 3.05) is 18.9 Å². The minimum atomic E-state index is -0.00686. The Morgan fingerprint density at radius 3 is 3.00 bits per heavy atom. The summed E-state index contributed by atoms with van der Waals surface area (Å²) in [6.07, 6.45) is 1.96. The maximum atomic E-state index is 10.9. The summed E-state index contributed by atoms with van der Waals surface area (Å²) >= 11 is 9.06. The number of rotatable bonds is 4. The van der Waals surface area contributed by atoms with E-state index >= 15 is 0 Å². The van der Waals surface area contributed by atoms with Gasteiger partial charge in [0.25, 0.3) is 0 Å². The average molecular weight is 293 g/mol. The molecule has 1 aromatic heterocycles. The minimum absolute atomic E-state index is 0.00686. The Kier molecular flexibility index (Phi) is 4.84. The predicted octanol–water partition coefficient (Wildman–Crippen LogP) is 2.05. The first-order valence-corrected chi connectivity index (χ1v) is 5.56. The lowest BCUT2D eigenvalue weighted by Crippen LogP contribution is -2.21. The Bertz CT molecular complexity index is 359. The summed E-state index contributed by atoms with van der Waals surface area (Å²) in [5, 5.41) is 6.14. The molecule has 0 saturated carbocycles. The zero-order valence-corrected chi connectivity index (χ0v) is 10.5. The van der Waals surface area contributed by atoms with Gasteiger partial charge in [0.1, 0.15) is 5.82 Å². The molecular weight excluding hydrogens is 281 g/mol. The summed E-state index contributed by atoms with van der Waals surface area (Å²) in [6, 6.07) is 1.75. The van der Waals surface area contributed by atoms with E-state index in [0.717, 1.165) is 4.47 Å². The predicted molar refractivity (Wildman–Crippen MR) is 64.1 cm³/mol. The molecule has 0 fully saturated rings. The molecular formula is C9H11BrClN3O. The number of anilines is 1. The van der Waals surface area contributed by atoms with Crippen molar-refractivity contribution in [1.82, 2.24) is 10.3 Å². The van der Waals surface area contributed by atoms with Crippen LogP contribution in [0.2, 0.25) is 5.02 Å². The van der Waals surface area contributed by atoms with Crippen LogP contribution in [0.15, 0.2) is 16.7 Å². The molecule has 0 aliphatic heterocycles. The number of hydrogen-bond donors (Lipinski definition) is 2. The van der Waals surface area contributed by atoms with Gasteiger partial charge in [0, 0.05) is 26.2 Å². The van der Waals surface area contributed by atoms with Crippen LogP contribution in [0, 0.1) is 0 Å². The number of hydrogen-bond acceptors (Lipinski definition) is 3. The summed E-state index contributed by atoms with van der Waals surface area (Å²) in [7, 11) is 1.61. The molecule has 0 aliphatic rings. The van der Waals surface area contributed by atoms with Crippen LogP contribution in [-0.4, -0.2) is 24.5 Å². The van der Waals surface area contributed by atoms with E-state index in [1.165, 1.54) is 0 Å². The molecule has 1 amide bonds. The van der Waals surface area contributed by atoms with Crippen LogP contribution in [-0.2, 0) is 4.79 Å². The quantitative estimate of drug-likeness (QED) is 0.893. The number of carbonyl (C=O) groups excluding carboxylic acids is 1. The van der Waals surface area contributed by atoms with E-state index in [-0.39, 0.29) is 5.91 Å². The molecule has 0 aliphatic carbocycles. The molecule has 1 heterocycles. The van der Waals surface area contributed by atoms with Gasteiger partial charge in [0.2, 0.25) is 5.91 Å². The topological polar surface area (TPSA) is 54.0 Å². The van der Waals surface area contributed by atoms with Crippen molar-refractivity contribution >= 4 is 39.3 Å². The van der Waals surface area contributed by atoms with E-state index in [0.29, 0.717) is 23.8 Å². The molecule has 0 radical (unpaired) electrons. The van der Waals surface area contributed by atoms with Crippen molar-refractivity contribution in [3.05, 3.63) is 21.8 Å². The van der Waals surface area contributed by atoms with Crippen LogP contribution < -0.4 is 10.6 Å². The van der Waals surface area contributed by atoms with Gasteiger partial charge in [-0.2, -0.15) is 0 Å². The van der Waals surface area contributed by atoms with Crippen LogP contribution in [0.25, 0.3) is 0 Å². The van der Waals surface area contributed by atoms with Gasteiger partial charge in [-0.15, -0.1) is 0 Å². The Balaban J connectivity index is 2.47. The molecule has 1 aromatic rings. The standard InChI is InChI=1S/C9H11BrClN3O/c1-12-8(15)2-3-13-9-7(10)4-6(11)5-14-9/h4-5H,2-3H2,1H3,(H,12,15)(H,13,14). The SMILES string of the molecule is CNC(=O)CCNc1ncc(Cl)cc1Br. The second kappa shape index (κ2) is 5.92. The fraction of sp³-hybridized carbons (Fsp3) is 0.333. The van der Waals surface area contributed by atoms with Crippen LogP contribution in [0.5, 0.6) is 0 Å². The summed E-state index contributed by atoms with van der Waals surface area (Å²) in [5.41, 5.74) is 0. The molecule has 15 heavy (non-hydrogen) atoms. The van der Waals surface area contributed by atoms with Crippen LogP contribution in [0.1, 0.15) is 6.42 Å². The Morgan fingerprint density at radius 1 is 1.67 bits per heavy atom. The monoisotopic (exact) mass is 291 g/mol. The number of pyridine rings is 1. The van der Waals surface area contributed by atoms with Crippen molar-refractivity contribution in [3.63, 3.8) is 0 Å². The third-order valence-electron chi connectivity index (χ3n) is 1.73. The molecule has 0 spiro atoms. The molecule has 0 bridgehead atoms. The lowest BCUT2D eigenvalue weighted by molar-refractivity contribution is -0.120. The van der Waals surface area contributed by atoms with Crippen LogP contribution >= 0.6 is 27.5 Å². The van der Waals surface area contributed by atoms with E-state index in [9.17, 15) is 4.79 Å². The van der Waals surface area contributed by atoms with Crippen LogP contribution in [0.4, 0.5) is 5.82 Å². The smallest absolute Gasteiger partial charge is 0.221 e. The normalized spacial score (nSPS) is 9.80. The van der Waals surface area contributed by atoms with Gasteiger partial charge >= 0.3 is 0 Å². The fourth-order valence-corrected chi connectivity index (χ4v) is 1.74. The van der Waals surface area contributed by atoms with Gasteiger partial charge in [0.05, 0.1) is 9.50 Å². The summed E-state index contributed by atoms with van der Waals surface area (Å²) < 4.78 is 0.784. The van der Waals surface area contributed by atoms with Crippen molar-refractivity contribution in [2.24, 2.45) is 0 Å². The molecule has 0 unspecified atom stereocenters. The highest BCUT2D eigenvalue weighted by Gasteiger charge is 2.02. The molecule has 82 valence electrons. The summed E-state index contributed by atoms with van der Waals surface area (Å²) in [4.78, 5) is 15.0. The highest BCUT2D eigenvalue weighted by molar-refractivity contribution is 9.10. The highest BCUT2D eigenvalue weighted by atomic mass is 79.9.